The summed E-state index contributed by atoms with van der Waals surface area (Å²) in [5.41, 5.74) is 0.586. The summed E-state index contributed by atoms with van der Waals surface area (Å²) in [5.74, 6) is -1.68. The summed E-state index contributed by atoms with van der Waals surface area (Å²) < 4.78 is 23.5. The maximum absolute atomic E-state index is 12.0. The Morgan fingerprint density at radius 2 is 1.81 bits per heavy atom. The van der Waals surface area contributed by atoms with Crippen LogP contribution in [0.1, 0.15) is 27.8 Å². The number of hydrogen-bond acceptors (Lipinski definition) is 5. The van der Waals surface area contributed by atoms with Crippen LogP contribution in [-0.2, 0) is 10.2 Å². The van der Waals surface area contributed by atoms with E-state index in [4.69, 9.17) is 5.14 Å². The minimum absolute atomic E-state index is 0.186. The zero-order valence-electron chi connectivity index (χ0n) is 14.1. The van der Waals surface area contributed by atoms with Crippen LogP contribution >= 0.6 is 0 Å². The lowest BCUT2D eigenvalue weighted by molar-refractivity contribution is 0.0690. The number of carboxylic acid groups (broad SMARTS) is 1. The number of rotatable bonds is 8. The van der Waals surface area contributed by atoms with Crippen molar-refractivity contribution < 1.29 is 23.1 Å². The number of carbonyl (C=O) groups is 2. The van der Waals surface area contributed by atoms with Gasteiger partial charge in [0.15, 0.2) is 5.69 Å². The highest BCUT2D eigenvalue weighted by Gasteiger charge is 2.22. The molecule has 2 aromatic rings. The van der Waals surface area contributed by atoms with Gasteiger partial charge in [-0.25, -0.2) is 13.9 Å². The summed E-state index contributed by atoms with van der Waals surface area (Å²) >= 11 is 0. The molecule has 9 nitrogen and oxygen atoms in total. The minimum atomic E-state index is -4.24. The van der Waals surface area contributed by atoms with Gasteiger partial charge in [0.05, 0.1) is 0 Å². The lowest BCUT2D eigenvalue weighted by Gasteiger charge is -2.08. The Morgan fingerprint density at radius 1 is 1.15 bits per heavy atom. The van der Waals surface area contributed by atoms with Gasteiger partial charge in [-0.2, -0.15) is 8.42 Å². The van der Waals surface area contributed by atoms with E-state index in [0.29, 0.717) is 28.2 Å². The molecule has 0 radical (unpaired) electrons. The number of benzene rings is 1. The molecular weight excluding hydrogens is 360 g/mol. The SMILES string of the molecule is CCNCCNC(=O)c1ccc(-c2ccn(S(N)(=O)=O)c2C(=O)O)cc1. The summed E-state index contributed by atoms with van der Waals surface area (Å²) in [7, 11) is -4.24. The van der Waals surface area contributed by atoms with Crippen LogP contribution < -0.4 is 15.8 Å². The highest BCUT2D eigenvalue weighted by atomic mass is 32.2. The molecule has 10 heteroatoms. The van der Waals surface area contributed by atoms with Crippen molar-refractivity contribution in [1.29, 1.82) is 0 Å². The molecule has 140 valence electrons. The summed E-state index contributed by atoms with van der Waals surface area (Å²) in [6.45, 7) is 3.92. The first-order valence-corrected chi connectivity index (χ1v) is 9.33. The molecule has 1 amide bonds. The first-order valence-electron chi connectivity index (χ1n) is 7.83. The molecule has 5 N–H and O–H groups in total. The first kappa shape index (κ1) is 19.6. The normalized spacial score (nSPS) is 11.3. The number of carboxylic acids is 1. The molecule has 2 rings (SSSR count). The van der Waals surface area contributed by atoms with E-state index in [9.17, 15) is 23.1 Å². The van der Waals surface area contributed by atoms with Crippen LogP contribution in [0.5, 0.6) is 0 Å². The van der Waals surface area contributed by atoms with Crippen LogP contribution in [0, 0.1) is 0 Å². The summed E-state index contributed by atoms with van der Waals surface area (Å²) in [5, 5.41) is 20.2. The van der Waals surface area contributed by atoms with E-state index < -0.39 is 21.9 Å². The minimum Gasteiger partial charge on any atom is -0.477 e. The van der Waals surface area contributed by atoms with Crippen molar-refractivity contribution in [3.05, 3.63) is 47.8 Å². The number of nitrogens with zero attached hydrogens (tertiary/aromatic N) is 1. The quantitative estimate of drug-likeness (QED) is 0.483. The third kappa shape index (κ3) is 4.48. The second-order valence-electron chi connectivity index (χ2n) is 5.41. The summed E-state index contributed by atoms with van der Waals surface area (Å²) in [6, 6.07) is 7.53. The van der Waals surface area contributed by atoms with E-state index >= 15 is 0 Å². The molecule has 0 unspecified atom stereocenters. The van der Waals surface area contributed by atoms with Gasteiger partial charge in [0.25, 0.3) is 5.91 Å². The number of likely N-dealkylation sites (N-methyl/N-ethyl adjacent to an activating group) is 1. The largest absolute Gasteiger partial charge is 0.477 e. The molecule has 0 aliphatic rings. The molecule has 0 aliphatic carbocycles. The van der Waals surface area contributed by atoms with Gasteiger partial charge in [0, 0.05) is 30.4 Å². The third-order valence-corrected chi connectivity index (χ3v) is 4.48. The Morgan fingerprint density at radius 3 is 2.35 bits per heavy atom. The fourth-order valence-electron chi connectivity index (χ4n) is 2.41. The topological polar surface area (TPSA) is 144 Å². The highest BCUT2D eigenvalue weighted by molar-refractivity contribution is 7.87. The van der Waals surface area contributed by atoms with Gasteiger partial charge in [-0.3, -0.25) is 4.79 Å². The van der Waals surface area contributed by atoms with E-state index in [2.05, 4.69) is 10.6 Å². The number of aromatic carboxylic acids is 1. The van der Waals surface area contributed by atoms with Crippen LogP contribution in [-0.4, -0.2) is 49.0 Å². The van der Waals surface area contributed by atoms with Crippen molar-refractivity contribution in [2.45, 2.75) is 6.92 Å². The molecule has 26 heavy (non-hydrogen) atoms. The van der Waals surface area contributed by atoms with Crippen LogP contribution in [0.25, 0.3) is 11.1 Å². The van der Waals surface area contributed by atoms with Crippen molar-refractivity contribution >= 4 is 22.1 Å². The molecule has 0 spiro atoms. The molecule has 1 heterocycles. The van der Waals surface area contributed by atoms with E-state index in [1.165, 1.54) is 18.2 Å². The van der Waals surface area contributed by atoms with E-state index in [1.807, 2.05) is 6.92 Å². The number of amides is 1. The number of nitrogens with one attached hydrogen (secondary N) is 2. The Kier molecular flexibility index (Phi) is 6.14. The average molecular weight is 380 g/mol. The van der Waals surface area contributed by atoms with Crippen LogP contribution in [0.3, 0.4) is 0 Å². The zero-order valence-corrected chi connectivity index (χ0v) is 14.9. The maximum Gasteiger partial charge on any atom is 0.354 e. The Hall–Kier alpha value is -2.69. The molecule has 0 atom stereocenters. The Bertz CT molecular complexity index is 903. The van der Waals surface area contributed by atoms with Crippen LogP contribution in [0.15, 0.2) is 36.5 Å². The molecule has 0 saturated heterocycles. The Balaban J connectivity index is 2.25. The first-order chi connectivity index (χ1) is 12.3. The number of aromatic nitrogens is 1. The van der Waals surface area contributed by atoms with Crippen LogP contribution in [0.4, 0.5) is 0 Å². The molecule has 0 fully saturated rings. The monoisotopic (exact) mass is 380 g/mol. The van der Waals surface area contributed by atoms with Gasteiger partial charge in [-0.1, -0.05) is 19.1 Å². The molecule has 0 aliphatic heterocycles. The predicted molar refractivity (Wildman–Crippen MR) is 96.2 cm³/mol. The average Bonchev–Trinajstić information content (AvgIpc) is 3.04. The molecule has 1 aromatic carbocycles. The fourth-order valence-corrected chi connectivity index (χ4v) is 3.07. The van der Waals surface area contributed by atoms with Crippen molar-refractivity contribution in [2.24, 2.45) is 5.14 Å². The van der Waals surface area contributed by atoms with Gasteiger partial charge in [0.2, 0.25) is 0 Å². The van der Waals surface area contributed by atoms with Crippen molar-refractivity contribution in [1.82, 2.24) is 14.6 Å². The summed E-state index contributed by atoms with van der Waals surface area (Å²) in [6.07, 6.45) is 1.08. The lowest BCUT2D eigenvalue weighted by Crippen LogP contribution is -2.31. The molecular formula is C16H20N4O5S. The van der Waals surface area contributed by atoms with Crippen molar-refractivity contribution in [3.8, 4) is 11.1 Å². The second-order valence-corrected chi connectivity index (χ2v) is 6.83. The smallest absolute Gasteiger partial charge is 0.354 e. The number of carbonyl (C=O) groups excluding carboxylic acids is 1. The van der Waals surface area contributed by atoms with Crippen LogP contribution in [0.2, 0.25) is 0 Å². The van der Waals surface area contributed by atoms with E-state index in [0.717, 1.165) is 12.7 Å². The second kappa shape index (κ2) is 8.13. The fraction of sp³-hybridized carbons (Fsp3) is 0.250. The molecule has 0 bridgehead atoms. The predicted octanol–water partition coefficient (Wildman–Crippen LogP) is 0.244. The van der Waals surface area contributed by atoms with Crippen molar-refractivity contribution in [2.75, 3.05) is 19.6 Å². The van der Waals surface area contributed by atoms with Gasteiger partial charge >= 0.3 is 16.2 Å². The lowest BCUT2D eigenvalue weighted by atomic mass is 10.0. The maximum atomic E-state index is 12.0. The van der Waals surface area contributed by atoms with Crippen molar-refractivity contribution in [3.63, 3.8) is 0 Å². The van der Waals surface area contributed by atoms with E-state index in [-0.39, 0.29) is 11.5 Å². The molecule has 0 saturated carbocycles. The highest BCUT2D eigenvalue weighted by Crippen LogP contribution is 2.26. The third-order valence-electron chi connectivity index (χ3n) is 3.62. The summed E-state index contributed by atoms with van der Waals surface area (Å²) in [4.78, 5) is 23.5. The van der Waals surface area contributed by atoms with Gasteiger partial charge in [-0.15, -0.1) is 0 Å². The number of hydrogen-bond donors (Lipinski definition) is 4. The Labute approximate surface area is 151 Å². The zero-order chi connectivity index (χ0) is 19.3. The van der Waals surface area contributed by atoms with E-state index in [1.54, 1.807) is 12.1 Å². The molecule has 1 aromatic heterocycles. The number of nitrogens with two attached hydrogens (primary N) is 1. The van der Waals surface area contributed by atoms with Gasteiger partial charge in [-0.05, 0) is 30.3 Å². The standard InChI is InChI=1S/C16H20N4O5S/c1-2-18-8-9-19-15(21)12-5-3-11(4-6-12)13-7-10-20(26(17,24)25)14(13)16(22)23/h3-7,10,18H,2,8-9H2,1H3,(H,19,21)(H,22,23)(H2,17,24,25). The van der Waals surface area contributed by atoms with Gasteiger partial charge in [0.1, 0.15) is 0 Å². The van der Waals surface area contributed by atoms with Gasteiger partial charge < -0.3 is 15.7 Å².